The molecule has 0 radical (unpaired) electrons. The highest BCUT2D eigenvalue weighted by molar-refractivity contribution is 5.30. The lowest BCUT2D eigenvalue weighted by molar-refractivity contribution is 0.129. The first-order chi connectivity index (χ1) is 9.79. The summed E-state index contributed by atoms with van der Waals surface area (Å²) in [5.74, 6) is 0.918. The summed E-state index contributed by atoms with van der Waals surface area (Å²) < 4.78 is 5.35. The van der Waals surface area contributed by atoms with Crippen molar-refractivity contribution in [1.82, 2.24) is 10.2 Å². The van der Waals surface area contributed by atoms with Crippen LogP contribution in [0.25, 0.3) is 0 Å². The number of nitrogens with one attached hydrogen (secondary N) is 1. The van der Waals surface area contributed by atoms with Crippen molar-refractivity contribution in [3.05, 3.63) is 29.8 Å². The molecule has 0 saturated heterocycles. The lowest BCUT2D eigenvalue weighted by atomic mass is 9.87. The summed E-state index contributed by atoms with van der Waals surface area (Å²) in [5.41, 5.74) is 1.56. The number of ether oxygens (including phenoxy) is 1. The van der Waals surface area contributed by atoms with E-state index in [0.29, 0.717) is 12.1 Å². The molecule has 21 heavy (non-hydrogen) atoms. The number of hydrogen-bond acceptors (Lipinski definition) is 3. The fraction of sp³-hybridized carbons (Fsp3) is 0.667. The summed E-state index contributed by atoms with van der Waals surface area (Å²) >= 11 is 0. The van der Waals surface area contributed by atoms with E-state index in [4.69, 9.17) is 4.74 Å². The van der Waals surface area contributed by atoms with Gasteiger partial charge in [0.1, 0.15) is 5.75 Å². The van der Waals surface area contributed by atoms with Crippen LogP contribution in [-0.4, -0.2) is 38.2 Å². The lowest BCUT2D eigenvalue weighted by Crippen LogP contribution is -2.43. The van der Waals surface area contributed by atoms with Gasteiger partial charge in [0.05, 0.1) is 7.11 Å². The maximum absolute atomic E-state index is 5.35. The van der Waals surface area contributed by atoms with Gasteiger partial charge in [0.15, 0.2) is 0 Å². The number of benzene rings is 1. The van der Waals surface area contributed by atoms with Gasteiger partial charge in [-0.05, 0) is 43.6 Å². The molecule has 1 N–H and O–H groups in total. The Morgan fingerprint density at radius 3 is 2.48 bits per heavy atom. The molecule has 0 heterocycles. The van der Waals surface area contributed by atoms with E-state index in [1.54, 1.807) is 7.11 Å². The first kappa shape index (κ1) is 18.0. The Labute approximate surface area is 130 Å². The number of hydrogen-bond donors (Lipinski definition) is 1. The van der Waals surface area contributed by atoms with Gasteiger partial charge in [0.2, 0.25) is 0 Å². The maximum Gasteiger partial charge on any atom is 0.119 e. The summed E-state index contributed by atoms with van der Waals surface area (Å²) in [7, 11) is 3.93. The van der Waals surface area contributed by atoms with Crippen molar-refractivity contribution in [2.75, 3.05) is 27.2 Å². The molecule has 0 saturated carbocycles. The van der Waals surface area contributed by atoms with E-state index >= 15 is 0 Å². The standard InChI is InChI=1S/C18H32N2O/c1-8-19-17(13-20(6)14(2)18(3,4)5)15-10-9-11-16(12-15)21-7/h9-12,14,17,19H,8,13H2,1-7H3. The van der Waals surface area contributed by atoms with Crippen LogP contribution in [0.5, 0.6) is 5.75 Å². The number of methoxy groups -OCH3 is 1. The first-order valence-corrected chi connectivity index (χ1v) is 7.87. The Hall–Kier alpha value is -1.06. The van der Waals surface area contributed by atoms with Crippen molar-refractivity contribution < 1.29 is 4.74 Å². The van der Waals surface area contributed by atoms with Gasteiger partial charge in [0, 0.05) is 18.6 Å². The fourth-order valence-electron chi connectivity index (χ4n) is 2.50. The SMILES string of the molecule is CCNC(CN(C)C(C)C(C)(C)C)c1cccc(OC)c1. The summed E-state index contributed by atoms with van der Waals surface area (Å²) in [5, 5.41) is 3.59. The third-order valence-corrected chi connectivity index (χ3v) is 4.33. The van der Waals surface area contributed by atoms with Gasteiger partial charge in [-0.25, -0.2) is 0 Å². The monoisotopic (exact) mass is 292 g/mol. The van der Waals surface area contributed by atoms with Gasteiger partial charge in [0.25, 0.3) is 0 Å². The summed E-state index contributed by atoms with van der Waals surface area (Å²) in [6.45, 7) is 13.3. The molecule has 1 rings (SSSR count). The predicted molar refractivity (Wildman–Crippen MR) is 91.0 cm³/mol. The highest BCUT2D eigenvalue weighted by Crippen LogP contribution is 2.26. The second-order valence-electron chi connectivity index (χ2n) is 6.87. The van der Waals surface area contributed by atoms with Crippen LogP contribution in [0.4, 0.5) is 0 Å². The molecule has 0 fully saturated rings. The maximum atomic E-state index is 5.35. The Balaban J connectivity index is 2.86. The third kappa shape index (κ3) is 5.33. The highest BCUT2D eigenvalue weighted by Gasteiger charge is 2.25. The smallest absolute Gasteiger partial charge is 0.119 e. The van der Waals surface area contributed by atoms with Crippen LogP contribution in [-0.2, 0) is 0 Å². The molecule has 2 atom stereocenters. The van der Waals surface area contributed by atoms with Crippen molar-refractivity contribution in [2.45, 2.75) is 46.7 Å². The molecule has 3 heteroatoms. The largest absolute Gasteiger partial charge is 0.497 e. The molecule has 0 aromatic heterocycles. The van der Waals surface area contributed by atoms with Crippen LogP contribution in [0.3, 0.4) is 0 Å². The fourth-order valence-corrected chi connectivity index (χ4v) is 2.50. The second-order valence-corrected chi connectivity index (χ2v) is 6.87. The van der Waals surface area contributed by atoms with Crippen molar-refractivity contribution in [3.63, 3.8) is 0 Å². The van der Waals surface area contributed by atoms with E-state index in [1.165, 1.54) is 5.56 Å². The van der Waals surface area contributed by atoms with Gasteiger partial charge < -0.3 is 15.0 Å². The summed E-state index contributed by atoms with van der Waals surface area (Å²) in [6, 6.07) is 9.19. The number of nitrogens with zero attached hydrogens (tertiary/aromatic N) is 1. The van der Waals surface area contributed by atoms with E-state index in [-0.39, 0.29) is 5.41 Å². The molecular weight excluding hydrogens is 260 g/mol. The summed E-state index contributed by atoms with van der Waals surface area (Å²) in [6.07, 6.45) is 0. The molecule has 2 unspecified atom stereocenters. The molecule has 0 spiro atoms. The molecule has 3 nitrogen and oxygen atoms in total. The Kier molecular flexibility index (Phi) is 6.69. The van der Waals surface area contributed by atoms with E-state index in [9.17, 15) is 0 Å². The zero-order valence-corrected chi connectivity index (χ0v) is 14.7. The van der Waals surface area contributed by atoms with Crippen molar-refractivity contribution in [2.24, 2.45) is 5.41 Å². The Morgan fingerprint density at radius 2 is 1.95 bits per heavy atom. The highest BCUT2D eigenvalue weighted by atomic mass is 16.5. The predicted octanol–water partition coefficient (Wildman–Crippen LogP) is 3.71. The molecule has 0 aliphatic heterocycles. The lowest BCUT2D eigenvalue weighted by Gasteiger charge is -2.37. The zero-order chi connectivity index (χ0) is 16.0. The quantitative estimate of drug-likeness (QED) is 0.829. The average molecular weight is 292 g/mol. The van der Waals surface area contributed by atoms with E-state index < -0.39 is 0 Å². The van der Waals surface area contributed by atoms with Crippen molar-refractivity contribution in [1.29, 1.82) is 0 Å². The van der Waals surface area contributed by atoms with E-state index in [1.807, 2.05) is 6.07 Å². The van der Waals surface area contributed by atoms with Crippen molar-refractivity contribution >= 4 is 0 Å². The zero-order valence-electron chi connectivity index (χ0n) is 14.7. The van der Waals surface area contributed by atoms with Crippen LogP contribution in [0.2, 0.25) is 0 Å². The topological polar surface area (TPSA) is 24.5 Å². The van der Waals surface area contributed by atoms with E-state index in [0.717, 1.165) is 18.8 Å². The van der Waals surface area contributed by atoms with E-state index in [2.05, 4.69) is 70.1 Å². The van der Waals surface area contributed by atoms with Crippen LogP contribution in [0, 0.1) is 5.41 Å². The molecule has 120 valence electrons. The van der Waals surface area contributed by atoms with Gasteiger partial charge >= 0.3 is 0 Å². The third-order valence-electron chi connectivity index (χ3n) is 4.33. The van der Waals surface area contributed by atoms with Gasteiger partial charge in [-0.1, -0.05) is 39.8 Å². The van der Waals surface area contributed by atoms with Crippen LogP contribution in [0.1, 0.15) is 46.2 Å². The van der Waals surface area contributed by atoms with Crippen molar-refractivity contribution in [3.8, 4) is 5.75 Å². The van der Waals surface area contributed by atoms with Crippen LogP contribution >= 0.6 is 0 Å². The minimum Gasteiger partial charge on any atom is -0.497 e. The van der Waals surface area contributed by atoms with Gasteiger partial charge in [-0.3, -0.25) is 0 Å². The van der Waals surface area contributed by atoms with Crippen LogP contribution < -0.4 is 10.1 Å². The average Bonchev–Trinajstić information content (AvgIpc) is 2.45. The minimum atomic E-state index is 0.278. The molecular formula is C18H32N2O. The van der Waals surface area contributed by atoms with Gasteiger partial charge in [-0.2, -0.15) is 0 Å². The Morgan fingerprint density at radius 1 is 1.29 bits per heavy atom. The molecule has 0 amide bonds. The number of rotatable bonds is 7. The van der Waals surface area contributed by atoms with Gasteiger partial charge in [-0.15, -0.1) is 0 Å². The molecule has 0 aliphatic carbocycles. The number of likely N-dealkylation sites (N-methyl/N-ethyl adjacent to an activating group) is 2. The Bertz CT molecular complexity index is 425. The molecule has 1 aromatic rings. The first-order valence-electron chi connectivity index (χ1n) is 7.87. The van der Waals surface area contributed by atoms with Crippen LogP contribution in [0.15, 0.2) is 24.3 Å². The molecule has 0 bridgehead atoms. The minimum absolute atomic E-state index is 0.278. The second kappa shape index (κ2) is 7.81. The normalized spacial score (nSPS) is 15.0. The summed E-state index contributed by atoms with van der Waals surface area (Å²) in [4.78, 5) is 2.44. The molecule has 0 aliphatic rings. The molecule has 1 aromatic carbocycles.